The van der Waals surface area contributed by atoms with Crippen molar-refractivity contribution in [1.29, 1.82) is 0 Å². The van der Waals surface area contributed by atoms with Crippen LogP contribution in [0.5, 0.6) is 0 Å². The van der Waals surface area contributed by atoms with Gasteiger partial charge < -0.3 is 0 Å². The van der Waals surface area contributed by atoms with E-state index in [4.69, 9.17) is 0 Å². The molecule has 1 N–H and O–H groups in total. The van der Waals surface area contributed by atoms with Crippen LogP contribution in [0.2, 0.25) is 0 Å². The van der Waals surface area contributed by atoms with Crippen LogP contribution in [-0.4, -0.2) is 41.4 Å². The Morgan fingerprint density at radius 2 is 2.12 bits per heavy atom. The van der Waals surface area contributed by atoms with Crippen molar-refractivity contribution in [3.8, 4) is 0 Å². The highest BCUT2D eigenvalue weighted by molar-refractivity contribution is 7.90. The van der Waals surface area contributed by atoms with Crippen LogP contribution in [0.1, 0.15) is 35.7 Å². The van der Waals surface area contributed by atoms with Crippen molar-refractivity contribution in [2.24, 2.45) is 0 Å². The van der Waals surface area contributed by atoms with Crippen molar-refractivity contribution in [2.75, 3.05) is 13.1 Å². The van der Waals surface area contributed by atoms with Crippen molar-refractivity contribution >= 4 is 10.0 Å². The number of fused-ring (bicyclic) bond motifs is 1. The standard InChI is InChI=1S/C18H24N4O2S/c1-14-3-2-4-15(9-14)11-21-12-16-7-8-19-22(16)17(13-21)10-20-25(23,24)18-5-6-18/h2-4,7-9,17-18,20H,5-6,10-13H2,1H3/t17-/m0/s1. The first-order valence-corrected chi connectivity index (χ1v) is 10.3. The average Bonchev–Trinajstić information content (AvgIpc) is 3.33. The van der Waals surface area contributed by atoms with Gasteiger partial charge in [0.2, 0.25) is 10.0 Å². The summed E-state index contributed by atoms with van der Waals surface area (Å²) >= 11 is 0. The number of nitrogens with zero attached hydrogens (tertiary/aromatic N) is 3. The van der Waals surface area contributed by atoms with Crippen LogP contribution in [0.3, 0.4) is 0 Å². The van der Waals surface area contributed by atoms with E-state index in [0.717, 1.165) is 38.2 Å². The van der Waals surface area contributed by atoms with E-state index in [1.54, 1.807) is 6.20 Å². The summed E-state index contributed by atoms with van der Waals surface area (Å²) in [7, 11) is -3.16. The second kappa shape index (κ2) is 6.55. The minimum atomic E-state index is -3.16. The molecule has 0 radical (unpaired) electrons. The first-order chi connectivity index (χ1) is 12.0. The zero-order valence-electron chi connectivity index (χ0n) is 14.4. The molecule has 1 aliphatic carbocycles. The van der Waals surface area contributed by atoms with Gasteiger partial charge in [-0.2, -0.15) is 5.10 Å². The summed E-state index contributed by atoms with van der Waals surface area (Å²) in [4.78, 5) is 2.36. The van der Waals surface area contributed by atoms with E-state index >= 15 is 0 Å². The van der Waals surface area contributed by atoms with E-state index in [0.29, 0.717) is 6.54 Å². The van der Waals surface area contributed by atoms with Crippen LogP contribution in [0.4, 0.5) is 0 Å². The molecule has 0 spiro atoms. The highest BCUT2D eigenvalue weighted by Crippen LogP contribution is 2.28. The summed E-state index contributed by atoms with van der Waals surface area (Å²) in [5.41, 5.74) is 3.67. The van der Waals surface area contributed by atoms with Crippen LogP contribution < -0.4 is 4.72 Å². The number of hydrogen-bond acceptors (Lipinski definition) is 4. The second-order valence-corrected chi connectivity index (χ2v) is 9.22. The summed E-state index contributed by atoms with van der Waals surface area (Å²) in [6, 6.07) is 10.6. The van der Waals surface area contributed by atoms with E-state index < -0.39 is 10.0 Å². The number of aryl methyl sites for hydroxylation is 1. The lowest BCUT2D eigenvalue weighted by molar-refractivity contribution is 0.168. The molecule has 2 aliphatic rings. The van der Waals surface area contributed by atoms with E-state index in [9.17, 15) is 8.42 Å². The monoisotopic (exact) mass is 360 g/mol. The zero-order valence-corrected chi connectivity index (χ0v) is 15.2. The lowest BCUT2D eigenvalue weighted by Gasteiger charge is -2.34. The first-order valence-electron chi connectivity index (χ1n) is 8.80. The Kier molecular flexibility index (Phi) is 4.39. The molecule has 0 saturated heterocycles. The fraction of sp³-hybridized carbons (Fsp3) is 0.500. The minimum Gasteiger partial charge on any atom is -0.291 e. The molecule has 2 aromatic rings. The van der Waals surface area contributed by atoms with E-state index in [2.05, 4.69) is 45.9 Å². The molecular formula is C18H24N4O2S. The maximum absolute atomic E-state index is 12.1. The van der Waals surface area contributed by atoms with E-state index in [-0.39, 0.29) is 11.3 Å². The van der Waals surface area contributed by atoms with Crippen molar-refractivity contribution in [1.82, 2.24) is 19.4 Å². The van der Waals surface area contributed by atoms with E-state index in [1.807, 2.05) is 10.7 Å². The smallest absolute Gasteiger partial charge is 0.214 e. The van der Waals surface area contributed by atoms with Gasteiger partial charge in [0.05, 0.1) is 17.0 Å². The van der Waals surface area contributed by atoms with Gasteiger partial charge in [-0.15, -0.1) is 0 Å². The van der Waals surface area contributed by atoms with Gasteiger partial charge in [-0.25, -0.2) is 13.1 Å². The van der Waals surface area contributed by atoms with Crippen LogP contribution in [0, 0.1) is 6.92 Å². The first kappa shape index (κ1) is 16.8. The molecule has 6 nitrogen and oxygen atoms in total. The Labute approximate surface area is 148 Å². The number of rotatable bonds is 6. The van der Waals surface area contributed by atoms with Gasteiger partial charge in [-0.3, -0.25) is 9.58 Å². The Morgan fingerprint density at radius 3 is 2.88 bits per heavy atom. The van der Waals surface area contributed by atoms with Gasteiger partial charge >= 0.3 is 0 Å². The van der Waals surface area contributed by atoms with Crippen molar-refractivity contribution in [2.45, 2.75) is 44.1 Å². The third-order valence-corrected chi connectivity index (χ3v) is 6.84. The summed E-state index contributed by atoms with van der Waals surface area (Å²) in [5.74, 6) is 0. The van der Waals surface area contributed by atoms with Crippen molar-refractivity contribution < 1.29 is 8.42 Å². The molecule has 1 aliphatic heterocycles. The summed E-state index contributed by atoms with van der Waals surface area (Å²) < 4.78 is 29.1. The fourth-order valence-corrected chi connectivity index (χ4v) is 4.93. The van der Waals surface area contributed by atoms with Crippen molar-refractivity contribution in [3.05, 3.63) is 53.3 Å². The van der Waals surface area contributed by atoms with Crippen LogP contribution in [-0.2, 0) is 23.1 Å². The number of sulfonamides is 1. The molecule has 1 aromatic heterocycles. The van der Waals surface area contributed by atoms with Gasteiger partial charge in [-0.1, -0.05) is 29.8 Å². The maximum Gasteiger partial charge on any atom is 0.214 e. The molecule has 1 saturated carbocycles. The Hall–Kier alpha value is -1.70. The van der Waals surface area contributed by atoms with E-state index in [1.165, 1.54) is 11.1 Å². The minimum absolute atomic E-state index is 0.0251. The molecule has 2 heterocycles. The lowest BCUT2D eigenvalue weighted by Crippen LogP contribution is -2.43. The Morgan fingerprint density at radius 1 is 1.28 bits per heavy atom. The molecule has 1 fully saturated rings. The largest absolute Gasteiger partial charge is 0.291 e. The zero-order chi connectivity index (χ0) is 17.4. The molecule has 1 atom stereocenters. The molecule has 0 amide bonds. The quantitative estimate of drug-likeness (QED) is 0.853. The van der Waals surface area contributed by atoms with Crippen LogP contribution >= 0.6 is 0 Å². The number of aromatic nitrogens is 2. The number of nitrogens with one attached hydrogen (secondary N) is 1. The number of benzene rings is 1. The predicted octanol–water partition coefficient (Wildman–Crippen LogP) is 1.83. The number of hydrogen-bond donors (Lipinski definition) is 1. The fourth-order valence-electron chi connectivity index (χ4n) is 3.51. The Balaban J connectivity index is 1.47. The topological polar surface area (TPSA) is 67.2 Å². The van der Waals surface area contributed by atoms with Crippen LogP contribution in [0.25, 0.3) is 0 Å². The molecular weight excluding hydrogens is 336 g/mol. The van der Waals surface area contributed by atoms with Crippen molar-refractivity contribution in [3.63, 3.8) is 0 Å². The molecule has 0 bridgehead atoms. The Bertz CT molecular complexity index is 857. The third kappa shape index (κ3) is 3.78. The normalized spacial score (nSPS) is 21.2. The molecule has 4 rings (SSSR count). The van der Waals surface area contributed by atoms with Crippen LogP contribution in [0.15, 0.2) is 36.5 Å². The molecule has 7 heteroatoms. The molecule has 25 heavy (non-hydrogen) atoms. The maximum atomic E-state index is 12.1. The third-order valence-electron chi connectivity index (χ3n) is 4.92. The predicted molar refractivity (Wildman–Crippen MR) is 96.5 cm³/mol. The van der Waals surface area contributed by atoms with Gasteiger partial charge in [-0.05, 0) is 31.4 Å². The SMILES string of the molecule is Cc1cccc(CN2Cc3ccnn3[C@@H](CNS(=O)(=O)C3CC3)C2)c1. The highest BCUT2D eigenvalue weighted by Gasteiger charge is 2.36. The average molecular weight is 360 g/mol. The summed E-state index contributed by atoms with van der Waals surface area (Å²) in [6.45, 7) is 4.98. The summed E-state index contributed by atoms with van der Waals surface area (Å²) in [6.07, 6.45) is 3.37. The lowest BCUT2D eigenvalue weighted by atomic mass is 10.1. The van der Waals surface area contributed by atoms with Gasteiger partial charge in [0.25, 0.3) is 0 Å². The van der Waals surface area contributed by atoms with Gasteiger partial charge in [0.15, 0.2) is 0 Å². The van der Waals surface area contributed by atoms with Gasteiger partial charge in [0.1, 0.15) is 0 Å². The second-order valence-electron chi connectivity index (χ2n) is 7.17. The van der Waals surface area contributed by atoms with Gasteiger partial charge in [0, 0.05) is 32.4 Å². The summed E-state index contributed by atoms with van der Waals surface area (Å²) in [5, 5.41) is 4.23. The molecule has 1 aromatic carbocycles. The molecule has 0 unspecified atom stereocenters. The highest BCUT2D eigenvalue weighted by atomic mass is 32.2. The molecule has 134 valence electrons.